The Morgan fingerprint density at radius 2 is 2.17 bits per heavy atom. The first-order valence-corrected chi connectivity index (χ1v) is 9.37. The molecule has 8 heteroatoms. The monoisotopic (exact) mass is 335 g/mol. The van der Waals surface area contributed by atoms with Gasteiger partial charge in [-0.2, -0.15) is 4.31 Å². The SMILES string of the molecule is CCCS(=O)(=O)N1CCn2cc(CNc3ccccn3)nc2C1. The fraction of sp³-hybridized carbons (Fsp3) is 0.467. The average Bonchev–Trinajstić information content (AvgIpc) is 2.96. The van der Waals surface area contributed by atoms with Gasteiger partial charge in [0.25, 0.3) is 0 Å². The molecule has 0 radical (unpaired) electrons. The highest BCUT2D eigenvalue weighted by Crippen LogP contribution is 2.17. The summed E-state index contributed by atoms with van der Waals surface area (Å²) >= 11 is 0. The maximum absolute atomic E-state index is 12.2. The van der Waals surface area contributed by atoms with E-state index in [1.807, 2.05) is 35.9 Å². The lowest BCUT2D eigenvalue weighted by molar-refractivity contribution is 0.335. The van der Waals surface area contributed by atoms with Gasteiger partial charge in [0.05, 0.1) is 24.5 Å². The molecule has 0 aliphatic carbocycles. The van der Waals surface area contributed by atoms with Gasteiger partial charge in [-0.25, -0.2) is 18.4 Å². The molecule has 3 heterocycles. The second kappa shape index (κ2) is 6.67. The van der Waals surface area contributed by atoms with Crippen LogP contribution in [0.5, 0.6) is 0 Å². The number of hydrogen-bond donors (Lipinski definition) is 1. The van der Waals surface area contributed by atoms with Crippen LogP contribution in [-0.2, 0) is 29.7 Å². The molecule has 2 aromatic rings. The molecule has 1 aliphatic heterocycles. The van der Waals surface area contributed by atoms with Crippen LogP contribution in [0.3, 0.4) is 0 Å². The third-order valence-corrected chi connectivity index (χ3v) is 5.81. The Kier molecular flexibility index (Phi) is 4.63. The Morgan fingerprint density at radius 1 is 1.30 bits per heavy atom. The quantitative estimate of drug-likeness (QED) is 0.864. The molecule has 23 heavy (non-hydrogen) atoms. The van der Waals surface area contributed by atoms with Crippen molar-refractivity contribution in [3.63, 3.8) is 0 Å². The van der Waals surface area contributed by atoms with Crippen molar-refractivity contribution in [1.29, 1.82) is 0 Å². The van der Waals surface area contributed by atoms with Crippen molar-refractivity contribution in [2.45, 2.75) is 33.0 Å². The minimum absolute atomic E-state index is 0.196. The van der Waals surface area contributed by atoms with Crippen molar-refractivity contribution in [3.05, 3.63) is 42.1 Å². The number of fused-ring (bicyclic) bond motifs is 1. The molecular weight excluding hydrogens is 314 g/mol. The first-order valence-electron chi connectivity index (χ1n) is 7.76. The van der Waals surface area contributed by atoms with E-state index in [1.165, 1.54) is 4.31 Å². The second-order valence-electron chi connectivity index (χ2n) is 5.56. The number of pyridine rings is 1. The molecule has 1 aliphatic rings. The van der Waals surface area contributed by atoms with Crippen LogP contribution in [0.2, 0.25) is 0 Å². The number of anilines is 1. The van der Waals surface area contributed by atoms with Crippen LogP contribution in [0.1, 0.15) is 24.9 Å². The van der Waals surface area contributed by atoms with E-state index >= 15 is 0 Å². The molecule has 0 saturated carbocycles. The lowest BCUT2D eigenvalue weighted by atomic mass is 10.4. The summed E-state index contributed by atoms with van der Waals surface area (Å²) in [5, 5.41) is 3.21. The zero-order valence-corrected chi connectivity index (χ0v) is 14.0. The highest BCUT2D eigenvalue weighted by Gasteiger charge is 2.27. The molecule has 0 amide bonds. The van der Waals surface area contributed by atoms with Gasteiger partial charge in [-0.05, 0) is 18.6 Å². The van der Waals surface area contributed by atoms with Crippen LogP contribution >= 0.6 is 0 Å². The summed E-state index contributed by atoms with van der Waals surface area (Å²) in [7, 11) is -3.17. The lowest BCUT2D eigenvalue weighted by Crippen LogP contribution is -2.39. The van der Waals surface area contributed by atoms with E-state index in [1.54, 1.807) is 6.20 Å². The van der Waals surface area contributed by atoms with Crippen LogP contribution in [-0.4, -0.2) is 39.6 Å². The zero-order valence-electron chi connectivity index (χ0n) is 13.1. The van der Waals surface area contributed by atoms with E-state index in [-0.39, 0.29) is 5.75 Å². The summed E-state index contributed by atoms with van der Waals surface area (Å²) in [6.45, 7) is 3.96. The molecule has 0 unspecified atom stereocenters. The number of hydrogen-bond acceptors (Lipinski definition) is 5. The maximum atomic E-state index is 12.2. The van der Waals surface area contributed by atoms with Crippen LogP contribution in [0.15, 0.2) is 30.6 Å². The topological polar surface area (TPSA) is 80.1 Å². The molecule has 0 spiro atoms. The first kappa shape index (κ1) is 15.9. The minimum Gasteiger partial charge on any atom is -0.364 e. The normalized spacial score (nSPS) is 15.3. The number of rotatable bonds is 6. The second-order valence-corrected chi connectivity index (χ2v) is 7.65. The van der Waals surface area contributed by atoms with Gasteiger partial charge in [0.1, 0.15) is 11.6 Å². The molecule has 0 fully saturated rings. The molecule has 124 valence electrons. The third kappa shape index (κ3) is 3.70. The highest BCUT2D eigenvalue weighted by molar-refractivity contribution is 7.89. The molecule has 2 aromatic heterocycles. The molecule has 0 atom stereocenters. The Morgan fingerprint density at radius 3 is 2.91 bits per heavy atom. The van der Waals surface area contributed by atoms with E-state index < -0.39 is 10.0 Å². The fourth-order valence-electron chi connectivity index (χ4n) is 2.65. The van der Waals surface area contributed by atoms with Gasteiger partial charge in [-0.1, -0.05) is 13.0 Å². The number of sulfonamides is 1. The number of aromatic nitrogens is 3. The summed E-state index contributed by atoms with van der Waals surface area (Å²) in [5.41, 5.74) is 0.889. The van der Waals surface area contributed by atoms with Crippen LogP contribution in [0, 0.1) is 0 Å². The van der Waals surface area contributed by atoms with Crippen molar-refractivity contribution < 1.29 is 8.42 Å². The highest BCUT2D eigenvalue weighted by atomic mass is 32.2. The molecule has 7 nitrogen and oxygen atoms in total. The number of nitrogens with zero attached hydrogens (tertiary/aromatic N) is 4. The average molecular weight is 335 g/mol. The number of nitrogens with one attached hydrogen (secondary N) is 1. The Bertz CT molecular complexity index is 757. The van der Waals surface area contributed by atoms with Crippen molar-refractivity contribution >= 4 is 15.8 Å². The Balaban J connectivity index is 1.67. The van der Waals surface area contributed by atoms with E-state index in [9.17, 15) is 8.42 Å². The molecule has 0 aromatic carbocycles. The van der Waals surface area contributed by atoms with Crippen molar-refractivity contribution in [2.24, 2.45) is 0 Å². The summed E-state index contributed by atoms with van der Waals surface area (Å²) in [4.78, 5) is 8.76. The summed E-state index contributed by atoms with van der Waals surface area (Å²) in [6.07, 6.45) is 4.35. The van der Waals surface area contributed by atoms with Gasteiger partial charge in [0.2, 0.25) is 10.0 Å². The maximum Gasteiger partial charge on any atom is 0.214 e. The molecule has 0 bridgehead atoms. The molecule has 3 rings (SSSR count). The Hall–Kier alpha value is -1.93. The standard InChI is InChI=1S/C15H21N5O2S/c1-2-9-23(21,22)20-8-7-19-11-13(18-15(19)12-20)10-17-14-5-3-4-6-16-14/h3-6,11H,2,7-10,12H2,1H3,(H,16,17). The van der Waals surface area contributed by atoms with Crippen LogP contribution in [0.25, 0.3) is 0 Å². The van der Waals surface area contributed by atoms with Crippen molar-refractivity contribution in [2.75, 3.05) is 17.6 Å². The van der Waals surface area contributed by atoms with Gasteiger partial charge in [-0.15, -0.1) is 0 Å². The van der Waals surface area contributed by atoms with E-state index in [2.05, 4.69) is 15.3 Å². The van der Waals surface area contributed by atoms with E-state index in [4.69, 9.17) is 0 Å². The van der Waals surface area contributed by atoms with Gasteiger partial charge in [0.15, 0.2) is 0 Å². The predicted octanol–water partition coefficient (Wildman–Crippen LogP) is 1.45. The van der Waals surface area contributed by atoms with Gasteiger partial charge in [0, 0.05) is 25.5 Å². The van der Waals surface area contributed by atoms with Crippen molar-refractivity contribution in [3.8, 4) is 0 Å². The lowest BCUT2D eigenvalue weighted by Gasteiger charge is -2.26. The molecule has 1 N–H and O–H groups in total. The van der Waals surface area contributed by atoms with Crippen molar-refractivity contribution in [1.82, 2.24) is 18.8 Å². The largest absolute Gasteiger partial charge is 0.364 e. The van der Waals surface area contributed by atoms with E-state index in [0.717, 1.165) is 17.3 Å². The van der Waals surface area contributed by atoms with Gasteiger partial charge >= 0.3 is 0 Å². The summed E-state index contributed by atoms with van der Waals surface area (Å²) < 4.78 is 27.9. The van der Waals surface area contributed by atoms with Gasteiger partial charge < -0.3 is 9.88 Å². The van der Waals surface area contributed by atoms with Crippen LogP contribution in [0.4, 0.5) is 5.82 Å². The smallest absolute Gasteiger partial charge is 0.214 e. The van der Waals surface area contributed by atoms with Crippen LogP contribution < -0.4 is 5.32 Å². The fourth-order valence-corrected chi connectivity index (χ4v) is 4.09. The summed E-state index contributed by atoms with van der Waals surface area (Å²) in [6, 6.07) is 5.69. The first-order chi connectivity index (χ1) is 11.1. The number of imidazole rings is 1. The summed E-state index contributed by atoms with van der Waals surface area (Å²) in [5.74, 6) is 1.79. The van der Waals surface area contributed by atoms with Gasteiger partial charge in [-0.3, -0.25) is 0 Å². The van der Waals surface area contributed by atoms with E-state index in [0.29, 0.717) is 32.6 Å². The predicted molar refractivity (Wildman–Crippen MR) is 88.3 cm³/mol. The Labute approximate surface area is 136 Å². The molecular formula is C15H21N5O2S. The zero-order chi connectivity index (χ0) is 16.3. The minimum atomic E-state index is -3.17. The third-order valence-electron chi connectivity index (χ3n) is 3.79. The molecule has 0 saturated heterocycles.